The molecule has 2 rings (SSSR count). The molecule has 1 aliphatic rings. The average Bonchev–Trinajstić information content (AvgIpc) is 2.82. The van der Waals surface area contributed by atoms with Gasteiger partial charge in [-0.25, -0.2) is 0 Å². The van der Waals surface area contributed by atoms with Crippen LogP contribution in [-0.4, -0.2) is 0 Å². The standard InChI is InChI=1S/C14H19NO/c1-2-12-4-3-6-14(8-12,11-15)9-13-5-7-16-10-13/h5,7,10,12H,2-4,6,8-9H2,1H3. The van der Waals surface area contributed by atoms with Crippen LogP contribution < -0.4 is 0 Å². The molecule has 86 valence electrons. The van der Waals surface area contributed by atoms with E-state index in [1.807, 2.05) is 6.07 Å². The second-order valence-electron chi connectivity index (χ2n) is 5.07. The maximum atomic E-state index is 9.47. The Morgan fingerprint density at radius 3 is 3.12 bits per heavy atom. The van der Waals surface area contributed by atoms with Gasteiger partial charge in [-0.3, -0.25) is 0 Å². The van der Waals surface area contributed by atoms with E-state index in [4.69, 9.17) is 4.42 Å². The summed E-state index contributed by atoms with van der Waals surface area (Å²) in [7, 11) is 0. The molecule has 0 aliphatic heterocycles. The van der Waals surface area contributed by atoms with E-state index in [9.17, 15) is 5.26 Å². The molecule has 0 bridgehead atoms. The van der Waals surface area contributed by atoms with E-state index in [1.54, 1.807) is 12.5 Å². The SMILES string of the molecule is CCC1CCCC(C#N)(Cc2ccoc2)C1. The second kappa shape index (κ2) is 4.74. The summed E-state index contributed by atoms with van der Waals surface area (Å²) in [4.78, 5) is 0. The molecule has 0 aromatic carbocycles. The maximum Gasteiger partial charge on any atom is 0.0935 e. The minimum Gasteiger partial charge on any atom is -0.472 e. The van der Waals surface area contributed by atoms with Crippen LogP contribution in [0.3, 0.4) is 0 Å². The van der Waals surface area contributed by atoms with Crippen LogP contribution in [0, 0.1) is 22.7 Å². The van der Waals surface area contributed by atoms with Crippen LogP contribution in [0.5, 0.6) is 0 Å². The van der Waals surface area contributed by atoms with Gasteiger partial charge in [-0.2, -0.15) is 5.26 Å². The fraction of sp³-hybridized carbons (Fsp3) is 0.643. The van der Waals surface area contributed by atoms with Crippen molar-refractivity contribution in [1.82, 2.24) is 0 Å². The lowest BCUT2D eigenvalue weighted by Gasteiger charge is -2.35. The molecule has 0 amide bonds. The van der Waals surface area contributed by atoms with E-state index >= 15 is 0 Å². The number of hydrogen-bond donors (Lipinski definition) is 0. The molecule has 2 nitrogen and oxygen atoms in total. The highest BCUT2D eigenvalue weighted by molar-refractivity contribution is 5.15. The van der Waals surface area contributed by atoms with Crippen LogP contribution in [0.15, 0.2) is 23.0 Å². The summed E-state index contributed by atoms with van der Waals surface area (Å²) in [6.45, 7) is 2.23. The maximum absolute atomic E-state index is 9.47. The van der Waals surface area contributed by atoms with Gasteiger partial charge in [0, 0.05) is 0 Å². The van der Waals surface area contributed by atoms with Crippen LogP contribution in [0.2, 0.25) is 0 Å². The molecule has 1 aromatic heterocycles. The number of rotatable bonds is 3. The third kappa shape index (κ3) is 2.29. The van der Waals surface area contributed by atoms with Gasteiger partial charge in [0.1, 0.15) is 0 Å². The average molecular weight is 217 g/mol. The van der Waals surface area contributed by atoms with E-state index < -0.39 is 0 Å². The first kappa shape index (κ1) is 11.3. The van der Waals surface area contributed by atoms with Gasteiger partial charge >= 0.3 is 0 Å². The second-order valence-corrected chi connectivity index (χ2v) is 5.07. The predicted molar refractivity (Wildman–Crippen MR) is 62.7 cm³/mol. The molecule has 16 heavy (non-hydrogen) atoms. The Morgan fingerprint density at radius 1 is 1.62 bits per heavy atom. The Labute approximate surface area is 97.3 Å². The van der Waals surface area contributed by atoms with Crippen LogP contribution in [0.1, 0.15) is 44.6 Å². The van der Waals surface area contributed by atoms with E-state index in [0.29, 0.717) is 0 Å². The smallest absolute Gasteiger partial charge is 0.0935 e. The van der Waals surface area contributed by atoms with Gasteiger partial charge < -0.3 is 4.42 Å². The Hall–Kier alpha value is -1.23. The highest BCUT2D eigenvalue weighted by Crippen LogP contribution is 2.42. The third-order valence-corrected chi connectivity index (χ3v) is 3.88. The summed E-state index contributed by atoms with van der Waals surface area (Å²) < 4.78 is 5.09. The Kier molecular flexibility index (Phi) is 3.33. The summed E-state index contributed by atoms with van der Waals surface area (Å²) in [5.41, 5.74) is 1.03. The van der Waals surface area contributed by atoms with Gasteiger partial charge in [0.2, 0.25) is 0 Å². The quantitative estimate of drug-likeness (QED) is 0.769. The third-order valence-electron chi connectivity index (χ3n) is 3.88. The first-order chi connectivity index (χ1) is 7.78. The lowest BCUT2D eigenvalue weighted by molar-refractivity contribution is 0.194. The molecule has 0 radical (unpaired) electrons. The zero-order valence-electron chi connectivity index (χ0n) is 9.91. The minimum atomic E-state index is -0.136. The van der Waals surface area contributed by atoms with Crippen molar-refractivity contribution in [2.45, 2.75) is 45.4 Å². The van der Waals surface area contributed by atoms with Gasteiger partial charge in [0.15, 0.2) is 0 Å². The molecule has 1 heterocycles. The lowest BCUT2D eigenvalue weighted by atomic mass is 9.67. The van der Waals surface area contributed by atoms with Crippen molar-refractivity contribution in [2.24, 2.45) is 11.3 Å². The van der Waals surface area contributed by atoms with Crippen molar-refractivity contribution in [3.05, 3.63) is 24.2 Å². The first-order valence-electron chi connectivity index (χ1n) is 6.20. The van der Waals surface area contributed by atoms with Gasteiger partial charge in [-0.1, -0.05) is 26.2 Å². The normalized spacial score (nSPS) is 29.9. The summed E-state index contributed by atoms with van der Waals surface area (Å²) in [6.07, 6.45) is 10.1. The molecule has 1 saturated carbocycles. The summed E-state index contributed by atoms with van der Waals surface area (Å²) >= 11 is 0. The Morgan fingerprint density at radius 2 is 2.50 bits per heavy atom. The number of hydrogen-bond acceptors (Lipinski definition) is 2. The van der Waals surface area contributed by atoms with Gasteiger partial charge in [-0.05, 0) is 36.8 Å². The highest BCUT2D eigenvalue weighted by Gasteiger charge is 2.36. The van der Waals surface area contributed by atoms with Gasteiger partial charge in [0.25, 0.3) is 0 Å². The largest absolute Gasteiger partial charge is 0.472 e. The van der Waals surface area contributed by atoms with Crippen molar-refractivity contribution in [3.8, 4) is 6.07 Å². The van der Waals surface area contributed by atoms with Crippen LogP contribution in [0.25, 0.3) is 0 Å². The number of furan rings is 1. The molecule has 1 aliphatic carbocycles. The molecule has 0 saturated heterocycles. The molecule has 0 spiro atoms. The Balaban J connectivity index is 2.10. The lowest BCUT2D eigenvalue weighted by Crippen LogP contribution is -2.29. The number of nitriles is 1. The van der Waals surface area contributed by atoms with Crippen molar-refractivity contribution in [2.75, 3.05) is 0 Å². The first-order valence-corrected chi connectivity index (χ1v) is 6.20. The monoisotopic (exact) mass is 217 g/mol. The van der Waals surface area contributed by atoms with Crippen molar-refractivity contribution >= 4 is 0 Å². The zero-order chi connectivity index (χ0) is 11.4. The van der Waals surface area contributed by atoms with Crippen molar-refractivity contribution < 1.29 is 4.42 Å². The summed E-state index contributed by atoms with van der Waals surface area (Å²) in [5, 5.41) is 9.47. The summed E-state index contributed by atoms with van der Waals surface area (Å²) in [5.74, 6) is 0.736. The van der Waals surface area contributed by atoms with Crippen molar-refractivity contribution in [3.63, 3.8) is 0 Å². The topological polar surface area (TPSA) is 36.9 Å². The van der Waals surface area contributed by atoms with Crippen molar-refractivity contribution in [1.29, 1.82) is 5.26 Å². The zero-order valence-corrected chi connectivity index (χ0v) is 9.91. The molecule has 2 unspecified atom stereocenters. The summed E-state index contributed by atoms with van der Waals surface area (Å²) in [6, 6.07) is 4.56. The fourth-order valence-corrected chi connectivity index (χ4v) is 2.92. The van der Waals surface area contributed by atoms with Crippen LogP contribution in [-0.2, 0) is 6.42 Å². The molecular formula is C14H19NO. The molecule has 2 atom stereocenters. The molecule has 0 N–H and O–H groups in total. The van der Waals surface area contributed by atoms with E-state index in [-0.39, 0.29) is 5.41 Å². The molecular weight excluding hydrogens is 198 g/mol. The van der Waals surface area contributed by atoms with E-state index in [0.717, 1.165) is 25.2 Å². The molecule has 2 heteroatoms. The predicted octanol–water partition coefficient (Wildman–Crippen LogP) is 3.93. The highest BCUT2D eigenvalue weighted by atomic mass is 16.3. The fourth-order valence-electron chi connectivity index (χ4n) is 2.92. The number of nitrogens with zero attached hydrogens (tertiary/aromatic N) is 1. The molecule has 1 fully saturated rings. The molecule has 1 aromatic rings. The van der Waals surface area contributed by atoms with Gasteiger partial charge in [-0.15, -0.1) is 0 Å². The minimum absolute atomic E-state index is 0.136. The van der Waals surface area contributed by atoms with Crippen LogP contribution in [0.4, 0.5) is 0 Å². The van der Waals surface area contributed by atoms with E-state index in [1.165, 1.54) is 24.8 Å². The Bertz CT molecular complexity index is 363. The van der Waals surface area contributed by atoms with Crippen LogP contribution >= 0.6 is 0 Å². The van der Waals surface area contributed by atoms with E-state index in [2.05, 4.69) is 13.0 Å². The van der Waals surface area contributed by atoms with Gasteiger partial charge in [0.05, 0.1) is 24.0 Å².